The molecule has 92 valence electrons. The van der Waals surface area contributed by atoms with Crippen LogP contribution in [0.2, 0.25) is 0 Å². The highest BCUT2D eigenvalue weighted by Crippen LogP contribution is 2.20. The summed E-state index contributed by atoms with van der Waals surface area (Å²) in [6.07, 6.45) is 1.16. The highest BCUT2D eigenvalue weighted by atomic mass is 79.9. The van der Waals surface area contributed by atoms with E-state index in [1.807, 2.05) is 18.7 Å². The van der Waals surface area contributed by atoms with Crippen LogP contribution in [0.15, 0.2) is 4.47 Å². The highest BCUT2D eigenvalue weighted by molar-refractivity contribution is 9.10. The Morgan fingerprint density at radius 2 is 2.06 bits per heavy atom. The summed E-state index contributed by atoms with van der Waals surface area (Å²) >= 11 is 3.59. The molecule has 0 aliphatic carbocycles. The summed E-state index contributed by atoms with van der Waals surface area (Å²) in [5, 5.41) is 7.98. The van der Waals surface area contributed by atoms with Gasteiger partial charge in [-0.1, -0.05) is 20.8 Å². The van der Waals surface area contributed by atoms with Gasteiger partial charge in [0.1, 0.15) is 0 Å². The third-order valence-electron chi connectivity index (χ3n) is 3.04. The third-order valence-corrected chi connectivity index (χ3v) is 4.07. The van der Waals surface area contributed by atoms with E-state index < -0.39 is 0 Å². The molecule has 1 unspecified atom stereocenters. The molecule has 0 radical (unpaired) electrons. The quantitative estimate of drug-likeness (QED) is 0.902. The van der Waals surface area contributed by atoms with Gasteiger partial charge in [-0.15, -0.1) is 0 Å². The topological polar surface area (TPSA) is 29.9 Å². The maximum atomic E-state index is 4.39. The monoisotopic (exact) mass is 287 g/mol. The third kappa shape index (κ3) is 3.08. The van der Waals surface area contributed by atoms with Crippen LogP contribution in [0.4, 0.5) is 0 Å². The van der Waals surface area contributed by atoms with Crippen molar-refractivity contribution in [3.63, 3.8) is 0 Å². The molecule has 0 bridgehead atoms. The zero-order valence-electron chi connectivity index (χ0n) is 10.8. The Hall–Kier alpha value is -0.350. The molecule has 1 N–H and O–H groups in total. The first-order valence-electron chi connectivity index (χ1n) is 5.88. The first-order valence-corrected chi connectivity index (χ1v) is 6.68. The Balaban J connectivity index is 2.67. The molecule has 0 saturated carbocycles. The molecule has 0 saturated heterocycles. The number of hydrogen-bond acceptors (Lipinski definition) is 2. The molecule has 1 aromatic rings. The number of nitrogens with zero attached hydrogens (tertiary/aromatic N) is 2. The van der Waals surface area contributed by atoms with Gasteiger partial charge in [-0.25, -0.2) is 0 Å². The van der Waals surface area contributed by atoms with Crippen LogP contribution in [0.1, 0.15) is 38.6 Å². The van der Waals surface area contributed by atoms with Crippen LogP contribution in [-0.2, 0) is 13.6 Å². The van der Waals surface area contributed by atoms with E-state index in [1.165, 1.54) is 5.69 Å². The van der Waals surface area contributed by atoms with E-state index in [0.717, 1.165) is 23.1 Å². The summed E-state index contributed by atoms with van der Waals surface area (Å²) in [4.78, 5) is 0. The fourth-order valence-corrected chi connectivity index (χ4v) is 2.43. The van der Waals surface area contributed by atoms with E-state index in [-0.39, 0.29) is 0 Å². The summed E-state index contributed by atoms with van der Waals surface area (Å²) in [5.74, 6) is 0.665. The van der Waals surface area contributed by atoms with Crippen molar-refractivity contribution >= 4 is 15.9 Å². The van der Waals surface area contributed by atoms with Crippen LogP contribution < -0.4 is 5.32 Å². The Bertz CT molecular complexity index is 344. The molecule has 4 heteroatoms. The molecule has 0 fully saturated rings. The van der Waals surface area contributed by atoms with Crippen LogP contribution in [0.25, 0.3) is 0 Å². The minimum Gasteiger partial charge on any atom is -0.308 e. The van der Waals surface area contributed by atoms with Gasteiger partial charge < -0.3 is 5.32 Å². The van der Waals surface area contributed by atoms with Crippen molar-refractivity contribution in [1.82, 2.24) is 15.1 Å². The van der Waals surface area contributed by atoms with Gasteiger partial charge in [0.25, 0.3) is 0 Å². The van der Waals surface area contributed by atoms with Gasteiger partial charge in [0.05, 0.1) is 15.9 Å². The van der Waals surface area contributed by atoms with Gasteiger partial charge >= 0.3 is 0 Å². The van der Waals surface area contributed by atoms with Crippen LogP contribution >= 0.6 is 15.9 Å². The maximum Gasteiger partial charge on any atom is 0.0739 e. The summed E-state index contributed by atoms with van der Waals surface area (Å²) < 4.78 is 3.07. The lowest BCUT2D eigenvalue weighted by molar-refractivity contribution is 0.382. The minimum absolute atomic E-state index is 0.571. The van der Waals surface area contributed by atoms with E-state index in [1.54, 1.807) is 0 Å². The molecule has 3 nitrogen and oxygen atoms in total. The van der Waals surface area contributed by atoms with Crippen molar-refractivity contribution in [2.75, 3.05) is 0 Å². The summed E-state index contributed by atoms with van der Waals surface area (Å²) in [5.41, 5.74) is 2.27. The largest absolute Gasteiger partial charge is 0.308 e. The molecule has 0 aromatic carbocycles. The van der Waals surface area contributed by atoms with E-state index in [2.05, 4.69) is 47.1 Å². The zero-order valence-corrected chi connectivity index (χ0v) is 12.4. The van der Waals surface area contributed by atoms with E-state index in [9.17, 15) is 0 Å². The molecule has 0 aliphatic rings. The summed E-state index contributed by atoms with van der Waals surface area (Å²) in [6, 6.07) is 0.571. The average Bonchev–Trinajstić information content (AvgIpc) is 2.44. The highest BCUT2D eigenvalue weighted by Gasteiger charge is 2.14. The van der Waals surface area contributed by atoms with Crippen molar-refractivity contribution < 1.29 is 0 Å². The van der Waals surface area contributed by atoms with E-state index in [4.69, 9.17) is 0 Å². The Kier molecular flexibility index (Phi) is 4.99. The zero-order chi connectivity index (χ0) is 12.3. The van der Waals surface area contributed by atoms with Crippen molar-refractivity contribution in [2.24, 2.45) is 13.0 Å². The predicted molar refractivity (Wildman–Crippen MR) is 71.4 cm³/mol. The minimum atomic E-state index is 0.571. The van der Waals surface area contributed by atoms with Crippen molar-refractivity contribution in [2.45, 2.75) is 46.7 Å². The Morgan fingerprint density at radius 1 is 1.44 bits per heavy atom. The predicted octanol–water partition coefficient (Wildman–Crippen LogP) is 3.02. The number of aryl methyl sites for hydroxylation is 2. The van der Waals surface area contributed by atoms with Crippen molar-refractivity contribution in [3.8, 4) is 0 Å². The van der Waals surface area contributed by atoms with Gasteiger partial charge in [-0.2, -0.15) is 5.10 Å². The second kappa shape index (κ2) is 5.82. The molecular formula is C12H22BrN3. The van der Waals surface area contributed by atoms with Crippen molar-refractivity contribution in [3.05, 3.63) is 15.9 Å². The molecule has 1 heterocycles. The van der Waals surface area contributed by atoms with Crippen molar-refractivity contribution in [1.29, 1.82) is 0 Å². The first-order chi connectivity index (χ1) is 7.47. The van der Waals surface area contributed by atoms with Crippen LogP contribution in [0.5, 0.6) is 0 Å². The second-order valence-corrected chi connectivity index (χ2v) is 5.40. The summed E-state index contributed by atoms with van der Waals surface area (Å²) in [7, 11) is 1.99. The lowest BCUT2D eigenvalue weighted by Gasteiger charge is -2.20. The van der Waals surface area contributed by atoms with Gasteiger partial charge in [-0.3, -0.25) is 4.68 Å². The molecule has 0 aliphatic heterocycles. The fraction of sp³-hybridized carbons (Fsp3) is 0.750. The maximum absolute atomic E-state index is 4.39. The standard InChI is InChI=1S/C12H22BrN3/c1-6-10(8(2)3)14-7-11-12(13)9(4)15-16(11)5/h8,10,14H,6-7H2,1-5H3. The molecule has 1 rings (SSSR count). The number of halogens is 1. The molecule has 0 amide bonds. The second-order valence-electron chi connectivity index (χ2n) is 4.61. The summed E-state index contributed by atoms with van der Waals surface area (Å²) in [6.45, 7) is 9.62. The number of nitrogens with one attached hydrogen (secondary N) is 1. The lowest BCUT2D eigenvalue weighted by Crippen LogP contribution is -2.33. The molecule has 0 spiro atoms. The Labute approximate surface area is 107 Å². The SMILES string of the molecule is CCC(NCc1c(Br)c(C)nn1C)C(C)C. The fourth-order valence-electron chi connectivity index (χ4n) is 1.95. The van der Waals surface area contributed by atoms with E-state index >= 15 is 0 Å². The van der Waals surface area contributed by atoms with Gasteiger partial charge in [0.15, 0.2) is 0 Å². The van der Waals surface area contributed by atoms with Crippen LogP contribution in [0, 0.1) is 12.8 Å². The normalized spacial score (nSPS) is 13.4. The lowest BCUT2D eigenvalue weighted by atomic mass is 10.0. The Morgan fingerprint density at radius 3 is 2.44 bits per heavy atom. The smallest absolute Gasteiger partial charge is 0.0739 e. The van der Waals surface area contributed by atoms with Gasteiger partial charge in [0.2, 0.25) is 0 Å². The average molecular weight is 288 g/mol. The molecular weight excluding hydrogens is 266 g/mol. The first kappa shape index (κ1) is 13.7. The van der Waals surface area contributed by atoms with E-state index in [0.29, 0.717) is 12.0 Å². The van der Waals surface area contributed by atoms with Crippen LogP contribution in [-0.4, -0.2) is 15.8 Å². The number of rotatable bonds is 5. The van der Waals surface area contributed by atoms with Gasteiger partial charge in [-0.05, 0) is 35.2 Å². The number of hydrogen-bond donors (Lipinski definition) is 1. The molecule has 1 aromatic heterocycles. The number of aromatic nitrogens is 2. The van der Waals surface area contributed by atoms with Crippen LogP contribution in [0.3, 0.4) is 0 Å². The molecule has 1 atom stereocenters. The molecule has 16 heavy (non-hydrogen) atoms. The van der Waals surface area contributed by atoms with Gasteiger partial charge in [0, 0.05) is 19.6 Å².